The molecular weight excluding hydrogens is 208 g/mol. The van der Waals surface area contributed by atoms with Crippen molar-refractivity contribution < 1.29 is 0 Å². The van der Waals surface area contributed by atoms with Crippen LogP contribution < -0.4 is 5.73 Å². The first kappa shape index (κ1) is 12.6. The Morgan fingerprint density at radius 1 is 1.41 bits per heavy atom. The summed E-state index contributed by atoms with van der Waals surface area (Å²) in [6.45, 7) is 6.46. The molecule has 2 rings (SSSR count). The van der Waals surface area contributed by atoms with Crippen LogP contribution >= 0.6 is 0 Å². The van der Waals surface area contributed by atoms with Crippen LogP contribution in [0.4, 0.5) is 0 Å². The van der Waals surface area contributed by atoms with Crippen LogP contribution in [0.2, 0.25) is 0 Å². The molecule has 0 radical (unpaired) electrons. The number of rotatable bonds is 4. The maximum Gasteiger partial charge on any atom is 0.0475 e. The summed E-state index contributed by atoms with van der Waals surface area (Å²) >= 11 is 0. The average Bonchev–Trinajstić information content (AvgIpc) is 2.78. The molecule has 0 amide bonds. The molecular formula is C15H24N2. The zero-order chi connectivity index (χ0) is 12.3. The highest BCUT2D eigenvalue weighted by atomic mass is 15.2. The Hall–Kier alpha value is -0.860. The second-order valence-electron chi connectivity index (χ2n) is 5.03. The van der Waals surface area contributed by atoms with Gasteiger partial charge in [0.25, 0.3) is 0 Å². The maximum atomic E-state index is 6.03. The second-order valence-corrected chi connectivity index (χ2v) is 5.03. The second kappa shape index (κ2) is 5.65. The molecule has 1 aromatic carbocycles. The van der Waals surface area contributed by atoms with E-state index in [1.54, 1.807) is 0 Å². The van der Waals surface area contributed by atoms with Gasteiger partial charge in [0, 0.05) is 18.6 Å². The molecule has 0 saturated carbocycles. The Balaban J connectivity index is 2.28. The molecule has 1 fully saturated rings. The Labute approximate surface area is 105 Å². The third-order valence-corrected chi connectivity index (χ3v) is 4.02. The van der Waals surface area contributed by atoms with Crippen molar-refractivity contribution in [1.29, 1.82) is 0 Å². The zero-order valence-corrected chi connectivity index (χ0v) is 11.0. The molecule has 1 aliphatic heterocycles. The fraction of sp³-hybridized carbons (Fsp3) is 0.600. The normalized spacial score (nSPS) is 22.9. The van der Waals surface area contributed by atoms with Crippen LogP contribution in [0.5, 0.6) is 0 Å². The maximum absolute atomic E-state index is 6.03. The lowest BCUT2D eigenvalue weighted by atomic mass is 9.97. The van der Waals surface area contributed by atoms with Gasteiger partial charge in [-0.1, -0.05) is 31.2 Å². The first-order valence-corrected chi connectivity index (χ1v) is 6.81. The van der Waals surface area contributed by atoms with Crippen molar-refractivity contribution in [3.05, 3.63) is 35.4 Å². The fourth-order valence-corrected chi connectivity index (χ4v) is 3.04. The van der Waals surface area contributed by atoms with Gasteiger partial charge < -0.3 is 5.73 Å². The molecule has 0 spiro atoms. The van der Waals surface area contributed by atoms with Gasteiger partial charge in [-0.05, 0) is 43.9 Å². The predicted octanol–water partition coefficient (Wildman–Crippen LogP) is 2.73. The minimum Gasteiger partial charge on any atom is -0.329 e. The first-order chi connectivity index (χ1) is 8.27. The molecule has 2 nitrogen and oxygen atoms in total. The molecule has 0 aliphatic carbocycles. The van der Waals surface area contributed by atoms with Crippen LogP contribution in [0.25, 0.3) is 0 Å². The molecule has 94 valence electrons. The Kier molecular flexibility index (Phi) is 4.19. The summed E-state index contributed by atoms with van der Waals surface area (Å²) in [6.07, 6.45) is 3.71. The number of nitrogens with zero attached hydrogens (tertiary/aromatic N) is 1. The lowest BCUT2D eigenvalue weighted by Crippen LogP contribution is -2.36. The average molecular weight is 232 g/mol. The summed E-state index contributed by atoms with van der Waals surface area (Å²) in [5.41, 5.74) is 8.91. The molecule has 0 aromatic heterocycles. The number of nitrogens with two attached hydrogens (primary N) is 1. The van der Waals surface area contributed by atoms with Crippen molar-refractivity contribution >= 4 is 0 Å². The molecule has 1 aromatic rings. The number of hydrogen-bond acceptors (Lipinski definition) is 2. The van der Waals surface area contributed by atoms with Crippen molar-refractivity contribution in [2.75, 3.05) is 13.1 Å². The van der Waals surface area contributed by atoms with Gasteiger partial charge in [-0.25, -0.2) is 0 Å². The van der Waals surface area contributed by atoms with Crippen LogP contribution in [-0.2, 0) is 6.42 Å². The van der Waals surface area contributed by atoms with Gasteiger partial charge in [0.1, 0.15) is 0 Å². The van der Waals surface area contributed by atoms with Crippen molar-refractivity contribution in [2.45, 2.75) is 45.2 Å². The van der Waals surface area contributed by atoms with E-state index in [4.69, 9.17) is 5.73 Å². The molecule has 17 heavy (non-hydrogen) atoms. The van der Waals surface area contributed by atoms with E-state index in [-0.39, 0.29) is 0 Å². The Morgan fingerprint density at radius 2 is 2.18 bits per heavy atom. The highest BCUT2D eigenvalue weighted by molar-refractivity contribution is 5.30. The van der Waals surface area contributed by atoms with E-state index in [9.17, 15) is 0 Å². The number of hydrogen-bond donors (Lipinski definition) is 1. The minimum atomic E-state index is 0.406. The van der Waals surface area contributed by atoms with Crippen molar-refractivity contribution in [2.24, 2.45) is 5.73 Å². The van der Waals surface area contributed by atoms with Gasteiger partial charge >= 0.3 is 0 Å². The summed E-state index contributed by atoms with van der Waals surface area (Å²) < 4.78 is 0. The van der Waals surface area contributed by atoms with E-state index in [0.717, 1.165) is 13.0 Å². The molecule has 1 saturated heterocycles. The van der Waals surface area contributed by atoms with Gasteiger partial charge in [0.2, 0.25) is 0 Å². The molecule has 1 heterocycles. The van der Waals surface area contributed by atoms with E-state index >= 15 is 0 Å². The molecule has 2 heteroatoms. The van der Waals surface area contributed by atoms with Crippen LogP contribution in [0.3, 0.4) is 0 Å². The molecule has 0 bridgehead atoms. The summed E-state index contributed by atoms with van der Waals surface area (Å²) in [7, 11) is 0. The van der Waals surface area contributed by atoms with E-state index < -0.39 is 0 Å². The van der Waals surface area contributed by atoms with E-state index in [1.807, 2.05) is 0 Å². The molecule has 2 atom stereocenters. The highest BCUT2D eigenvalue weighted by Gasteiger charge is 2.28. The van der Waals surface area contributed by atoms with E-state index in [2.05, 4.69) is 43.0 Å². The largest absolute Gasteiger partial charge is 0.329 e. The summed E-state index contributed by atoms with van der Waals surface area (Å²) in [4.78, 5) is 2.58. The monoisotopic (exact) mass is 232 g/mol. The standard InChI is InChI=1S/C15H24N2/c1-3-13-8-4-5-9-14(13)15(11-16)17-10-6-7-12(17)2/h4-5,8-9,12,15H,3,6-7,10-11,16H2,1-2H3. The topological polar surface area (TPSA) is 29.3 Å². The first-order valence-electron chi connectivity index (χ1n) is 6.81. The fourth-order valence-electron chi connectivity index (χ4n) is 3.04. The van der Waals surface area contributed by atoms with Crippen molar-refractivity contribution in [3.8, 4) is 0 Å². The van der Waals surface area contributed by atoms with Crippen LogP contribution in [0.1, 0.15) is 43.9 Å². The Bertz CT molecular complexity index is 362. The van der Waals surface area contributed by atoms with Gasteiger partial charge in [-0.15, -0.1) is 0 Å². The third-order valence-electron chi connectivity index (χ3n) is 4.02. The zero-order valence-electron chi connectivity index (χ0n) is 11.0. The quantitative estimate of drug-likeness (QED) is 0.865. The highest BCUT2D eigenvalue weighted by Crippen LogP contribution is 2.30. The molecule has 1 aliphatic rings. The van der Waals surface area contributed by atoms with Crippen molar-refractivity contribution in [3.63, 3.8) is 0 Å². The Morgan fingerprint density at radius 3 is 2.76 bits per heavy atom. The van der Waals surface area contributed by atoms with E-state index in [1.165, 1.54) is 30.5 Å². The smallest absolute Gasteiger partial charge is 0.0475 e. The minimum absolute atomic E-state index is 0.406. The molecule has 2 N–H and O–H groups in total. The number of benzene rings is 1. The summed E-state index contributed by atoms with van der Waals surface area (Å²) in [5, 5.41) is 0. The third kappa shape index (κ3) is 2.53. The SMILES string of the molecule is CCc1ccccc1C(CN)N1CCCC1C. The lowest BCUT2D eigenvalue weighted by Gasteiger charge is -2.32. The van der Waals surface area contributed by atoms with Gasteiger partial charge in [0.15, 0.2) is 0 Å². The van der Waals surface area contributed by atoms with E-state index in [0.29, 0.717) is 12.1 Å². The molecule has 2 unspecified atom stereocenters. The lowest BCUT2D eigenvalue weighted by molar-refractivity contribution is 0.195. The predicted molar refractivity (Wildman–Crippen MR) is 73.0 cm³/mol. The summed E-state index contributed by atoms with van der Waals surface area (Å²) in [6, 6.07) is 9.83. The van der Waals surface area contributed by atoms with Gasteiger partial charge in [-0.3, -0.25) is 4.90 Å². The van der Waals surface area contributed by atoms with Crippen LogP contribution in [0, 0.1) is 0 Å². The summed E-state index contributed by atoms with van der Waals surface area (Å²) in [5.74, 6) is 0. The number of aryl methyl sites for hydroxylation is 1. The van der Waals surface area contributed by atoms with Gasteiger partial charge in [-0.2, -0.15) is 0 Å². The van der Waals surface area contributed by atoms with Crippen molar-refractivity contribution in [1.82, 2.24) is 4.90 Å². The van der Waals surface area contributed by atoms with Crippen LogP contribution in [0.15, 0.2) is 24.3 Å². The van der Waals surface area contributed by atoms with Crippen LogP contribution in [-0.4, -0.2) is 24.0 Å². The van der Waals surface area contributed by atoms with Gasteiger partial charge in [0.05, 0.1) is 0 Å². The number of likely N-dealkylation sites (tertiary alicyclic amines) is 1.